The third-order valence-electron chi connectivity index (χ3n) is 5.19. The molecule has 1 aliphatic rings. The lowest BCUT2D eigenvalue weighted by Gasteiger charge is -2.17. The number of aromatic nitrogens is 4. The molecule has 5 rings (SSSR count). The van der Waals surface area contributed by atoms with Gasteiger partial charge in [0, 0.05) is 16.6 Å². The first-order valence-electron chi connectivity index (χ1n) is 9.75. The van der Waals surface area contributed by atoms with Gasteiger partial charge in [0.15, 0.2) is 11.5 Å². The minimum absolute atomic E-state index is 0.0457. The van der Waals surface area contributed by atoms with Crippen molar-refractivity contribution in [2.75, 3.05) is 11.9 Å². The van der Waals surface area contributed by atoms with Crippen molar-refractivity contribution in [3.8, 4) is 11.4 Å². The summed E-state index contributed by atoms with van der Waals surface area (Å²) >= 11 is 3.58. The Balaban J connectivity index is 1.68. The Morgan fingerprint density at radius 1 is 1.13 bits per heavy atom. The van der Waals surface area contributed by atoms with E-state index < -0.39 is 6.04 Å². The van der Waals surface area contributed by atoms with E-state index in [9.17, 15) is 9.18 Å². The largest absolute Gasteiger partial charge is 0.354 e. The van der Waals surface area contributed by atoms with Crippen molar-refractivity contribution in [1.82, 2.24) is 24.9 Å². The summed E-state index contributed by atoms with van der Waals surface area (Å²) in [6, 6.07) is 11.3. The number of hydrogen-bond donors (Lipinski definition) is 2. The molecule has 0 unspecified atom stereocenters. The van der Waals surface area contributed by atoms with Gasteiger partial charge in [-0.2, -0.15) is 4.52 Å². The third kappa shape index (κ3) is 3.39. The average molecular weight is 469 g/mol. The van der Waals surface area contributed by atoms with E-state index in [1.54, 1.807) is 16.6 Å². The van der Waals surface area contributed by atoms with E-state index in [2.05, 4.69) is 31.7 Å². The predicted molar refractivity (Wildman–Crippen MR) is 116 cm³/mol. The summed E-state index contributed by atoms with van der Waals surface area (Å²) in [4.78, 5) is 21.9. The van der Waals surface area contributed by atoms with Crippen molar-refractivity contribution in [3.63, 3.8) is 0 Å². The van der Waals surface area contributed by atoms with Crippen LogP contribution in [0.4, 0.5) is 10.3 Å². The van der Waals surface area contributed by atoms with E-state index in [1.807, 2.05) is 18.2 Å². The molecule has 1 saturated heterocycles. The number of fused-ring (bicyclic) bond motifs is 3. The summed E-state index contributed by atoms with van der Waals surface area (Å²) in [5, 5.41) is 11.6. The van der Waals surface area contributed by atoms with Crippen LogP contribution in [-0.2, 0) is 4.79 Å². The van der Waals surface area contributed by atoms with Crippen molar-refractivity contribution < 1.29 is 9.18 Å². The Morgan fingerprint density at radius 3 is 2.80 bits per heavy atom. The zero-order valence-electron chi connectivity index (χ0n) is 15.9. The fraction of sp³-hybridized carbons (Fsp3) is 0.238. The van der Waals surface area contributed by atoms with Gasteiger partial charge in [0.05, 0.1) is 10.9 Å². The highest BCUT2D eigenvalue weighted by Gasteiger charge is 2.24. The molecule has 2 N–H and O–H groups in total. The lowest BCUT2D eigenvalue weighted by atomic mass is 10.1. The second kappa shape index (κ2) is 7.64. The minimum atomic E-state index is -0.397. The monoisotopic (exact) mass is 468 g/mol. The Kier molecular flexibility index (Phi) is 4.82. The van der Waals surface area contributed by atoms with Crippen LogP contribution in [0.3, 0.4) is 0 Å². The van der Waals surface area contributed by atoms with E-state index in [1.165, 1.54) is 12.1 Å². The van der Waals surface area contributed by atoms with Crippen molar-refractivity contribution >= 4 is 44.3 Å². The molecule has 1 atom stereocenters. The lowest BCUT2D eigenvalue weighted by Crippen LogP contribution is -2.38. The normalized spacial score (nSPS) is 17.1. The molecule has 0 saturated carbocycles. The summed E-state index contributed by atoms with van der Waals surface area (Å²) in [6.45, 7) is 0.683. The van der Waals surface area contributed by atoms with Gasteiger partial charge in [-0.05, 0) is 71.6 Å². The van der Waals surface area contributed by atoms with Crippen LogP contribution in [0.15, 0.2) is 46.9 Å². The molecule has 152 valence electrons. The molecular weight excluding hydrogens is 451 g/mol. The summed E-state index contributed by atoms with van der Waals surface area (Å²) < 4.78 is 15.8. The van der Waals surface area contributed by atoms with E-state index in [-0.39, 0.29) is 11.7 Å². The SMILES string of the molecule is O=C1NCCCC[C@H]1Nc1nc2cccc(Br)c2c2nc(-c3ccc(F)cc3)nn12. The molecule has 4 aromatic rings. The molecule has 30 heavy (non-hydrogen) atoms. The molecular formula is C21H18BrFN6O. The van der Waals surface area contributed by atoms with Crippen LogP contribution in [0.5, 0.6) is 0 Å². The van der Waals surface area contributed by atoms with Crippen LogP contribution in [0.2, 0.25) is 0 Å². The van der Waals surface area contributed by atoms with Gasteiger partial charge in [-0.1, -0.05) is 6.07 Å². The number of halogens is 2. The Bertz CT molecular complexity index is 1260. The van der Waals surface area contributed by atoms with Crippen LogP contribution in [0.1, 0.15) is 19.3 Å². The molecule has 2 aromatic heterocycles. The molecule has 1 fully saturated rings. The van der Waals surface area contributed by atoms with Crippen molar-refractivity contribution in [1.29, 1.82) is 0 Å². The molecule has 0 spiro atoms. The number of carbonyl (C=O) groups is 1. The number of benzene rings is 2. The van der Waals surface area contributed by atoms with E-state index in [0.29, 0.717) is 35.9 Å². The van der Waals surface area contributed by atoms with Crippen molar-refractivity contribution in [2.24, 2.45) is 0 Å². The molecule has 9 heteroatoms. The fourth-order valence-electron chi connectivity index (χ4n) is 3.66. The number of amides is 1. The molecule has 7 nitrogen and oxygen atoms in total. The van der Waals surface area contributed by atoms with Gasteiger partial charge in [-0.15, -0.1) is 5.10 Å². The second-order valence-corrected chi connectivity index (χ2v) is 8.09. The van der Waals surface area contributed by atoms with Gasteiger partial charge in [0.25, 0.3) is 0 Å². The minimum Gasteiger partial charge on any atom is -0.354 e. The summed E-state index contributed by atoms with van der Waals surface area (Å²) in [6.07, 6.45) is 2.61. The van der Waals surface area contributed by atoms with Crippen LogP contribution >= 0.6 is 15.9 Å². The highest BCUT2D eigenvalue weighted by molar-refractivity contribution is 9.10. The van der Waals surface area contributed by atoms with Gasteiger partial charge in [-0.25, -0.2) is 14.4 Å². The fourth-order valence-corrected chi connectivity index (χ4v) is 4.19. The van der Waals surface area contributed by atoms with E-state index in [4.69, 9.17) is 9.97 Å². The molecule has 0 aliphatic carbocycles. The number of anilines is 1. The Hall–Kier alpha value is -3.07. The number of hydrogen-bond acceptors (Lipinski definition) is 5. The predicted octanol–water partition coefficient (Wildman–Crippen LogP) is 3.93. The summed E-state index contributed by atoms with van der Waals surface area (Å²) in [7, 11) is 0. The smallest absolute Gasteiger partial charge is 0.242 e. The Labute approximate surface area is 179 Å². The average Bonchev–Trinajstić information content (AvgIpc) is 3.08. The van der Waals surface area contributed by atoms with Gasteiger partial charge >= 0.3 is 0 Å². The molecule has 2 aromatic carbocycles. The van der Waals surface area contributed by atoms with Gasteiger partial charge in [0.1, 0.15) is 11.9 Å². The van der Waals surface area contributed by atoms with Gasteiger partial charge in [0.2, 0.25) is 11.9 Å². The Morgan fingerprint density at radius 2 is 1.97 bits per heavy atom. The first-order chi connectivity index (χ1) is 14.6. The quantitative estimate of drug-likeness (QED) is 0.475. The molecule has 0 radical (unpaired) electrons. The maximum atomic E-state index is 13.4. The number of carbonyl (C=O) groups excluding carboxylic acids is 1. The second-order valence-electron chi connectivity index (χ2n) is 7.23. The highest BCUT2D eigenvalue weighted by Crippen LogP contribution is 2.30. The number of nitrogens with one attached hydrogen (secondary N) is 2. The maximum absolute atomic E-state index is 13.4. The molecule has 1 amide bonds. The van der Waals surface area contributed by atoms with E-state index >= 15 is 0 Å². The van der Waals surface area contributed by atoms with Gasteiger partial charge in [-0.3, -0.25) is 4.79 Å². The van der Waals surface area contributed by atoms with Crippen LogP contribution in [-0.4, -0.2) is 38.1 Å². The topological polar surface area (TPSA) is 84.2 Å². The van der Waals surface area contributed by atoms with E-state index in [0.717, 1.165) is 28.2 Å². The number of rotatable bonds is 3. The standard InChI is InChI=1S/C21H18BrFN6O/c22-14-4-3-6-15-17(14)19-27-18(12-7-9-13(23)10-8-12)28-29(19)21(25-15)26-16-5-1-2-11-24-20(16)30/h3-4,6-10,16H,1-2,5,11H2,(H,24,30)(H,25,26)/t16-/m1/s1. The maximum Gasteiger partial charge on any atom is 0.242 e. The zero-order valence-corrected chi connectivity index (χ0v) is 17.5. The highest BCUT2D eigenvalue weighted by atomic mass is 79.9. The molecule has 3 heterocycles. The lowest BCUT2D eigenvalue weighted by molar-refractivity contribution is -0.121. The van der Waals surface area contributed by atoms with Crippen LogP contribution in [0, 0.1) is 5.82 Å². The van der Waals surface area contributed by atoms with Crippen LogP contribution in [0.25, 0.3) is 27.9 Å². The first kappa shape index (κ1) is 18.9. The third-order valence-corrected chi connectivity index (χ3v) is 5.85. The summed E-state index contributed by atoms with van der Waals surface area (Å²) in [5.41, 5.74) is 2.02. The van der Waals surface area contributed by atoms with Crippen molar-refractivity contribution in [3.05, 3.63) is 52.8 Å². The van der Waals surface area contributed by atoms with Gasteiger partial charge < -0.3 is 10.6 Å². The first-order valence-corrected chi connectivity index (χ1v) is 10.5. The van der Waals surface area contributed by atoms with Crippen molar-refractivity contribution in [2.45, 2.75) is 25.3 Å². The molecule has 0 bridgehead atoms. The summed E-state index contributed by atoms with van der Waals surface area (Å²) in [5.74, 6) is 0.529. The van der Waals surface area contributed by atoms with Crippen LogP contribution < -0.4 is 10.6 Å². The zero-order chi connectivity index (χ0) is 20.7. The molecule has 1 aliphatic heterocycles. The number of nitrogens with zero attached hydrogens (tertiary/aromatic N) is 4.